The van der Waals surface area contributed by atoms with Crippen LogP contribution in [0.15, 0.2) is 18.3 Å². The van der Waals surface area contributed by atoms with Crippen LogP contribution in [0.4, 0.5) is 5.82 Å². The number of pyridine rings is 1. The van der Waals surface area contributed by atoms with Crippen LogP contribution in [-0.4, -0.2) is 29.0 Å². The molecule has 90 valence electrons. The third kappa shape index (κ3) is 4.41. The summed E-state index contributed by atoms with van der Waals surface area (Å²) in [5, 5.41) is 12.2. The van der Waals surface area contributed by atoms with Crippen LogP contribution >= 0.6 is 11.8 Å². The highest BCUT2D eigenvalue weighted by Crippen LogP contribution is 2.20. The molecule has 16 heavy (non-hydrogen) atoms. The first kappa shape index (κ1) is 13.3. The lowest BCUT2D eigenvalue weighted by Crippen LogP contribution is -2.05. The van der Waals surface area contributed by atoms with Crippen molar-refractivity contribution in [2.24, 2.45) is 5.92 Å². The third-order valence-corrected chi connectivity index (χ3v) is 3.53. The van der Waals surface area contributed by atoms with Crippen LogP contribution in [-0.2, 0) is 5.75 Å². The molecular formula is C12H20N2OS. The van der Waals surface area contributed by atoms with Gasteiger partial charge in [-0.15, -0.1) is 0 Å². The number of hydrogen-bond acceptors (Lipinski definition) is 4. The topological polar surface area (TPSA) is 45.2 Å². The minimum atomic E-state index is 0.264. The average molecular weight is 240 g/mol. The van der Waals surface area contributed by atoms with Crippen molar-refractivity contribution in [3.63, 3.8) is 0 Å². The number of nitrogens with zero attached hydrogens (tertiary/aromatic N) is 1. The molecule has 0 radical (unpaired) electrons. The number of aliphatic hydroxyl groups is 1. The van der Waals surface area contributed by atoms with Crippen molar-refractivity contribution in [1.29, 1.82) is 0 Å². The molecule has 0 bridgehead atoms. The normalized spacial score (nSPS) is 12.4. The Bertz CT molecular complexity index is 307. The fourth-order valence-electron chi connectivity index (χ4n) is 1.30. The summed E-state index contributed by atoms with van der Waals surface area (Å²) in [4.78, 5) is 4.31. The summed E-state index contributed by atoms with van der Waals surface area (Å²) in [6, 6.07) is 4.06. The molecule has 0 saturated carbocycles. The van der Waals surface area contributed by atoms with E-state index in [0.717, 1.165) is 23.9 Å². The fraction of sp³-hybridized carbons (Fsp3) is 0.583. The molecule has 0 saturated heterocycles. The zero-order valence-electron chi connectivity index (χ0n) is 9.94. The van der Waals surface area contributed by atoms with Gasteiger partial charge in [0, 0.05) is 30.7 Å². The molecule has 0 aliphatic rings. The van der Waals surface area contributed by atoms with Gasteiger partial charge < -0.3 is 10.4 Å². The Morgan fingerprint density at radius 1 is 1.56 bits per heavy atom. The second-order valence-corrected chi connectivity index (χ2v) is 4.87. The molecule has 1 rings (SSSR count). The largest absolute Gasteiger partial charge is 0.396 e. The summed E-state index contributed by atoms with van der Waals surface area (Å²) in [7, 11) is 0. The minimum absolute atomic E-state index is 0.264. The second kappa shape index (κ2) is 7.52. The van der Waals surface area contributed by atoms with E-state index < -0.39 is 0 Å². The average Bonchev–Trinajstić information content (AvgIpc) is 2.31. The van der Waals surface area contributed by atoms with Crippen molar-refractivity contribution >= 4 is 17.6 Å². The molecule has 0 amide bonds. The maximum Gasteiger partial charge on any atom is 0.129 e. The first-order valence-electron chi connectivity index (χ1n) is 5.64. The van der Waals surface area contributed by atoms with Crippen molar-refractivity contribution in [1.82, 2.24) is 4.98 Å². The van der Waals surface area contributed by atoms with Gasteiger partial charge in [0.15, 0.2) is 0 Å². The standard InChI is InChI=1S/C12H20N2OS/c1-3-13-12-11(5-4-6-14-12)9-16-8-10(2)7-15/h4-6,10,15H,3,7-9H2,1-2H3,(H,13,14). The van der Waals surface area contributed by atoms with Crippen molar-refractivity contribution < 1.29 is 5.11 Å². The number of aliphatic hydroxyl groups excluding tert-OH is 1. The zero-order valence-corrected chi connectivity index (χ0v) is 10.8. The number of anilines is 1. The van der Waals surface area contributed by atoms with Crippen molar-refractivity contribution in [2.45, 2.75) is 19.6 Å². The molecule has 0 spiro atoms. The lowest BCUT2D eigenvalue weighted by Gasteiger charge is -2.10. The van der Waals surface area contributed by atoms with E-state index in [1.807, 2.05) is 24.0 Å². The Morgan fingerprint density at radius 2 is 2.38 bits per heavy atom. The lowest BCUT2D eigenvalue weighted by atomic mass is 10.2. The van der Waals surface area contributed by atoms with Crippen LogP contribution in [0.25, 0.3) is 0 Å². The van der Waals surface area contributed by atoms with Gasteiger partial charge in [0.1, 0.15) is 5.82 Å². The first-order valence-corrected chi connectivity index (χ1v) is 6.79. The Labute approximate surface area is 102 Å². The predicted molar refractivity (Wildman–Crippen MR) is 70.8 cm³/mol. The molecule has 0 fully saturated rings. The number of hydrogen-bond donors (Lipinski definition) is 2. The predicted octanol–water partition coefficient (Wildman–Crippen LogP) is 2.38. The molecule has 1 heterocycles. The van der Waals surface area contributed by atoms with E-state index in [0.29, 0.717) is 5.92 Å². The Balaban J connectivity index is 2.46. The highest BCUT2D eigenvalue weighted by Gasteiger charge is 2.04. The van der Waals surface area contributed by atoms with Gasteiger partial charge in [0.05, 0.1) is 0 Å². The number of thioether (sulfide) groups is 1. The van der Waals surface area contributed by atoms with Gasteiger partial charge in [-0.25, -0.2) is 4.98 Å². The maximum atomic E-state index is 8.93. The van der Waals surface area contributed by atoms with E-state index in [1.165, 1.54) is 5.56 Å². The highest BCUT2D eigenvalue weighted by molar-refractivity contribution is 7.98. The van der Waals surface area contributed by atoms with Gasteiger partial charge in [-0.1, -0.05) is 13.0 Å². The van der Waals surface area contributed by atoms with Crippen LogP contribution in [0, 0.1) is 5.92 Å². The summed E-state index contributed by atoms with van der Waals surface area (Å²) < 4.78 is 0. The van der Waals surface area contributed by atoms with E-state index in [9.17, 15) is 0 Å². The van der Waals surface area contributed by atoms with Gasteiger partial charge in [-0.05, 0) is 24.7 Å². The summed E-state index contributed by atoms with van der Waals surface area (Å²) in [6.45, 7) is 5.28. The Kier molecular flexibility index (Phi) is 6.26. The molecular weight excluding hydrogens is 220 g/mol. The molecule has 0 aliphatic carbocycles. The van der Waals surface area contributed by atoms with E-state index in [2.05, 4.69) is 30.2 Å². The molecule has 1 aromatic rings. The number of nitrogens with one attached hydrogen (secondary N) is 1. The van der Waals surface area contributed by atoms with Crippen molar-refractivity contribution in [2.75, 3.05) is 24.2 Å². The quantitative estimate of drug-likeness (QED) is 0.768. The van der Waals surface area contributed by atoms with Gasteiger partial charge in [0.25, 0.3) is 0 Å². The van der Waals surface area contributed by atoms with Gasteiger partial charge in [-0.3, -0.25) is 0 Å². The molecule has 1 unspecified atom stereocenters. The van der Waals surface area contributed by atoms with E-state index in [4.69, 9.17) is 5.11 Å². The van der Waals surface area contributed by atoms with Crippen LogP contribution in [0.5, 0.6) is 0 Å². The van der Waals surface area contributed by atoms with Crippen LogP contribution in [0.2, 0.25) is 0 Å². The van der Waals surface area contributed by atoms with Gasteiger partial charge in [0.2, 0.25) is 0 Å². The SMILES string of the molecule is CCNc1ncccc1CSCC(C)CO. The number of aromatic nitrogens is 1. The highest BCUT2D eigenvalue weighted by atomic mass is 32.2. The van der Waals surface area contributed by atoms with E-state index >= 15 is 0 Å². The van der Waals surface area contributed by atoms with Crippen LogP contribution in [0.3, 0.4) is 0 Å². The van der Waals surface area contributed by atoms with Crippen molar-refractivity contribution in [3.8, 4) is 0 Å². The zero-order chi connectivity index (χ0) is 11.8. The maximum absolute atomic E-state index is 8.93. The second-order valence-electron chi connectivity index (χ2n) is 3.84. The van der Waals surface area contributed by atoms with E-state index in [-0.39, 0.29) is 6.61 Å². The summed E-state index contributed by atoms with van der Waals surface area (Å²) >= 11 is 1.84. The molecule has 3 nitrogen and oxygen atoms in total. The lowest BCUT2D eigenvalue weighted by molar-refractivity contribution is 0.250. The van der Waals surface area contributed by atoms with Crippen molar-refractivity contribution in [3.05, 3.63) is 23.9 Å². The Morgan fingerprint density at radius 3 is 3.06 bits per heavy atom. The number of rotatable bonds is 7. The molecule has 0 aliphatic heterocycles. The Hall–Kier alpha value is -0.740. The summed E-state index contributed by atoms with van der Waals surface area (Å²) in [6.07, 6.45) is 1.81. The smallest absolute Gasteiger partial charge is 0.129 e. The molecule has 2 N–H and O–H groups in total. The van der Waals surface area contributed by atoms with Gasteiger partial charge >= 0.3 is 0 Å². The molecule has 1 atom stereocenters. The van der Waals surface area contributed by atoms with Crippen LogP contribution < -0.4 is 5.32 Å². The fourth-order valence-corrected chi connectivity index (χ4v) is 2.38. The molecule has 1 aromatic heterocycles. The van der Waals surface area contributed by atoms with Crippen LogP contribution in [0.1, 0.15) is 19.4 Å². The minimum Gasteiger partial charge on any atom is -0.396 e. The summed E-state index contributed by atoms with van der Waals surface area (Å²) in [5.41, 5.74) is 1.24. The third-order valence-electron chi connectivity index (χ3n) is 2.21. The summed E-state index contributed by atoms with van der Waals surface area (Å²) in [5.74, 6) is 3.27. The monoisotopic (exact) mass is 240 g/mol. The van der Waals surface area contributed by atoms with Gasteiger partial charge in [-0.2, -0.15) is 11.8 Å². The molecule has 4 heteroatoms. The van der Waals surface area contributed by atoms with E-state index in [1.54, 1.807) is 0 Å². The first-order chi connectivity index (χ1) is 7.77. The molecule has 0 aromatic carbocycles.